The van der Waals surface area contributed by atoms with E-state index in [0.29, 0.717) is 24.1 Å². The molecular formula is C20H15IN2O4. The van der Waals surface area contributed by atoms with Crippen LogP contribution < -0.4 is 5.56 Å². The summed E-state index contributed by atoms with van der Waals surface area (Å²) in [6.45, 7) is 2.28. The summed E-state index contributed by atoms with van der Waals surface area (Å²) in [5, 5.41) is 1.04. The van der Waals surface area contributed by atoms with Crippen LogP contribution in [0.15, 0.2) is 41.2 Å². The first kappa shape index (κ1) is 16.9. The molecule has 0 saturated carbocycles. The van der Waals surface area contributed by atoms with Crippen LogP contribution in [-0.4, -0.2) is 15.5 Å². The fourth-order valence-corrected chi connectivity index (χ4v) is 4.77. The van der Waals surface area contributed by atoms with Gasteiger partial charge in [0.2, 0.25) is 5.60 Å². The summed E-state index contributed by atoms with van der Waals surface area (Å²) in [6, 6.07) is 11.8. The zero-order valence-electron chi connectivity index (χ0n) is 14.5. The largest absolute Gasteiger partial charge is 0.458 e. The van der Waals surface area contributed by atoms with Crippen molar-refractivity contribution >= 4 is 39.9 Å². The number of halogens is 1. The zero-order valence-corrected chi connectivity index (χ0v) is 16.6. The van der Waals surface area contributed by atoms with Crippen molar-refractivity contribution in [1.82, 2.24) is 9.55 Å². The van der Waals surface area contributed by atoms with Crippen molar-refractivity contribution in [3.05, 3.63) is 63.4 Å². The monoisotopic (exact) mass is 474 g/mol. The SMILES string of the molecule is CC[C@@]1(OI)C(=O)OCc2c1cc1n(c2=O)Cc2cc3ccccc3nc2-1. The van der Waals surface area contributed by atoms with Gasteiger partial charge in [0, 0.05) is 16.5 Å². The average molecular weight is 474 g/mol. The van der Waals surface area contributed by atoms with E-state index in [2.05, 4.69) is 6.07 Å². The summed E-state index contributed by atoms with van der Waals surface area (Å²) < 4.78 is 12.6. The number of carbonyl (C=O) groups is 1. The molecule has 0 saturated heterocycles. The Balaban J connectivity index is 1.81. The van der Waals surface area contributed by atoms with E-state index in [4.69, 9.17) is 12.8 Å². The number of carbonyl (C=O) groups excluding carboxylic acids is 1. The average Bonchev–Trinajstić information content (AvgIpc) is 3.05. The molecule has 136 valence electrons. The van der Waals surface area contributed by atoms with E-state index < -0.39 is 11.6 Å². The Morgan fingerprint density at radius 1 is 1.30 bits per heavy atom. The first-order valence-electron chi connectivity index (χ1n) is 8.72. The van der Waals surface area contributed by atoms with Crippen LogP contribution in [-0.2, 0) is 31.4 Å². The molecule has 1 atom stereocenters. The molecule has 0 amide bonds. The van der Waals surface area contributed by atoms with Crippen LogP contribution in [0.25, 0.3) is 22.3 Å². The van der Waals surface area contributed by atoms with Crippen molar-refractivity contribution in [2.24, 2.45) is 0 Å². The van der Waals surface area contributed by atoms with E-state index in [1.165, 1.54) is 0 Å². The number of rotatable bonds is 2. The fourth-order valence-electron chi connectivity index (χ4n) is 4.04. The van der Waals surface area contributed by atoms with Crippen molar-refractivity contribution in [3.8, 4) is 11.4 Å². The van der Waals surface area contributed by atoms with Gasteiger partial charge in [0.05, 0.1) is 29.0 Å². The first-order chi connectivity index (χ1) is 13.1. The third-order valence-corrected chi connectivity index (χ3v) is 6.27. The minimum Gasteiger partial charge on any atom is -0.458 e. The summed E-state index contributed by atoms with van der Waals surface area (Å²) in [5.74, 6) is -0.457. The van der Waals surface area contributed by atoms with Gasteiger partial charge in [-0.1, -0.05) is 25.1 Å². The molecule has 0 N–H and O–H groups in total. The van der Waals surface area contributed by atoms with Gasteiger partial charge in [-0.05, 0) is 24.6 Å². The number of hydrogen-bond acceptors (Lipinski definition) is 5. The molecule has 5 rings (SSSR count). The Hall–Kier alpha value is -2.26. The maximum absolute atomic E-state index is 13.2. The Morgan fingerprint density at radius 2 is 2.11 bits per heavy atom. The number of nitrogens with zero attached hydrogens (tertiary/aromatic N) is 2. The van der Waals surface area contributed by atoms with Gasteiger partial charge in [-0.15, -0.1) is 0 Å². The minimum absolute atomic E-state index is 0.0270. The number of fused-ring (bicyclic) bond motifs is 5. The molecule has 3 aromatic rings. The summed E-state index contributed by atoms with van der Waals surface area (Å²) in [7, 11) is 0. The number of hydrogen-bond donors (Lipinski definition) is 0. The highest BCUT2D eigenvalue weighted by atomic mass is 127. The number of para-hydroxylation sites is 1. The van der Waals surface area contributed by atoms with Gasteiger partial charge in [0.15, 0.2) is 0 Å². The van der Waals surface area contributed by atoms with Gasteiger partial charge in [0.1, 0.15) is 29.6 Å². The molecule has 2 aromatic heterocycles. The summed E-state index contributed by atoms with van der Waals surface area (Å²) in [6.07, 6.45) is 0.378. The first-order valence-corrected chi connectivity index (χ1v) is 9.60. The molecule has 27 heavy (non-hydrogen) atoms. The predicted molar refractivity (Wildman–Crippen MR) is 107 cm³/mol. The highest BCUT2D eigenvalue weighted by Crippen LogP contribution is 2.41. The third kappa shape index (κ3) is 2.18. The van der Waals surface area contributed by atoms with Crippen LogP contribution in [0.1, 0.15) is 30.0 Å². The Morgan fingerprint density at radius 3 is 2.89 bits per heavy atom. The smallest absolute Gasteiger partial charge is 0.344 e. The Bertz CT molecular complexity index is 1180. The fraction of sp³-hybridized carbons (Fsp3) is 0.250. The van der Waals surface area contributed by atoms with Crippen LogP contribution >= 0.6 is 23.0 Å². The van der Waals surface area contributed by atoms with Crippen molar-refractivity contribution < 1.29 is 12.6 Å². The maximum atomic E-state index is 13.2. The van der Waals surface area contributed by atoms with E-state index in [1.807, 2.05) is 37.3 Å². The molecule has 1 aromatic carbocycles. The second kappa shape index (κ2) is 5.87. The molecule has 2 aliphatic rings. The van der Waals surface area contributed by atoms with Gasteiger partial charge < -0.3 is 9.30 Å². The molecule has 7 heteroatoms. The van der Waals surface area contributed by atoms with Gasteiger partial charge in [0.25, 0.3) is 5.56 Å². The quantitative estimate of drug-likeness (QED) is 0.329. The molecule has 4 heterocycles. The van der Waals surface area contributed by atoms with Crippen LogP contribution in [0, 0.1) is 0 Å². The van der Waals surface area contributed by atoms with Gasteiger partial charge in [-0.3, -0.25) is 7.86 Å². The molecule has 0 fully saturated rings. The molecule has 0 bridgehead atoms. The minimum atomic E-state index is -1.26. The molecule has 2 aliphatic heterocycles. The second-order valence-electron chi connectivity index (χ2n) is 6.84. The summed E-state index contributed by atoms with van der Waals surface area (Å²) >= 11 is 1.72. The third-order valence-electron chi connectivity index (χ3n) is 5.52. The number of aromatic nitrogens is 2. The molecule has 0 spiro atoms. The van der Waals surface area contributed by atoms with Crippen LogP contribution in [0.3, 0.4) is 0 Å². The summed E-state index contributed by atoms with van der Waals surface area (Å²) in [4.78, 5) is 30.5. The van der Waals surface area contributed by atoms with Crippen LogP contribution in [0.5, 0.6) is 0 Å². The van der Waals surface area contributed by atoms with E-state index in [1.54, 1.807) is 27.6 Å². The Kier molecular flexibility index (Phi) is 3.67. The lowest BCUT2D eigenvalue weighted by atomic mass is 9.86. The lowest BCUT2D eigenvalue weighted by molar-refractivity contribution is -0.165. The normalized spacial score (nSPS) is 20.1. The molecule has 6 nitrogen and oxygen atoms in total. The van der Waals surface area contributed by atoms with Crippen molar-refractivity contribution in [3.63, 3.8) is 0 Å². The standard InChI is InChI=1S/C20H15IN2O4/c1-2-20(27-21)14-8-16-17-12(7-11-5-3-4-6-15(11)22-17)9-23(16)18(24)13(14)10-26-19(20)25/h3-8H,2,9-10H2,1H3/t20-/m0/s1. The summed E-state index contributed by atoms with van der Waals surface area (Å²) in [5.41, 5.74) is 3.04. The number of benzene rings is 1. The lowest BCUT2D eigenvalue weighted by Gasteiger charge is -2.33. The molecular weight excluding hydrogens is 459 g/mol. The number of esters is 1. The van der Waals surface area contributed by atoms with E-state index >= 15 is 0 Å². The lowest BCUT2D eigenvalue weighted by Crippen LogP contribution is -2.44. The molecule has 0 unspecified atom stereocenters. The van der Waals surface area contributed by atoms with E-state index in [9.17, 15) is 9.59 Å². The van der Waals surface area contributed by atoms with E-state index in [-0.39, 0.29) is 12.2 Å². The number of ether oxygens (including phenoxy) is 1. The molecule has 0 aliphatic carbocycles. The van der Waals surface area contributed by atoms with Crippen LogP contribution in [0.4, 0.5) is 0 Å². The highest BCUT2D eigenvalue weighted by molar-refractivity contribution is 14.1. The van der Waals surface area contributed by atoms with Crippen molar-refractivity contribution in [1.29, 1.82) is 0 Å². The van der Waals surface area contributed by atoms with Gasteiger partial charge in [-0.2, -0.15) is 0 Å². The number of cyclic esters (lactones) is 1. The predicted octanol–water partition coefficient (Wildman–Crippen LogP) is 3.45. The topological polar surface area (TPSA) is 70.4 Å². The maximum Gasteiger partial charge on any atom is 0.344 e. The van der Waals surface area contributed by atoms with E-state index in [0.717, 1.165) is 27.9 Å². The highest BCUT2D eigenvalue weighted by Gasteiger charge is 2.48. The molecule has 0 radical (unpaired) electrons. The second-order valence-corrected chi connectivity index (χ2v) is 7.28. The zero-order chi connectivity index (χ0) is 18.8. The van der Waals surface area contributed by atoms with Crippen molar-refractivity contribution in [2.75, 3.05) is 0 Å². The van der Waals surface area contributed by atoms with Gasteiger partial charge >= 0.3 is 5.97 Å². The Labute approximate surface area is 168 Å². The number of pyridine rings is 2. The van der Waals surface area contributed by atoms with Crippen molar-refractivity contribution in [2.45, 2.75) is 32.1 Å². The van der Waals surface area contributed by atoms with Gasteiger partial charge in [-0.25, -0.2) is 9.78 Å². The van der Waals surface area contributed by atoms with Crippen LogP contribution in [0.2, 0.25) is 0 Å².